The Balaban J connectivity index is 1.59. The first kappa shape index (κ1) is 27.0. The van der Waals surface area contributed by atoms with Gasteiger partial charge in [-0.2, -0.15) is 0 Å². The Morgan fingerprint density at radius 2 is 1.73 bits per heavy atom. The van der Waals surface area contributed by atoms with Gasteiger partial charge < -0.3 is 15.0 Å². The third-order valence-corrected chi connectivity index (χ3v) is 7.53. The summed E-state index contributed by atoms with van der Waals surface area (Å²) in [6, 6.07) is 11.5. The number of urea groups is 1. The van der Waals surface area contributed by atoms with Crippen LogP contribution in [0.2, 0.25) is 10.0 Å². The number of aryl methyl sites for hydroxylation is 1. The van der Waals surface area contributed by atoms with Crippen molar-refractivity contribution in [3.05, 3.63) is 80.5 Å². The number of hydrogen-bond acceptors (Lipinski definition) is 5. The number of rotatable bonds is 6. The standard InChI is InChI=1S/C27H30Cl2N4O4/c1-4-37-26(35)22-21(31(3)27(36)30-24(22)19-6-5-7-20(28)23(19)29)16-32-12-14-33(15-13-32)25(34)18-10-8-17(2)9-11-18/h5-11,24H,4,12-16H2,1-3H3,(H,30,36). The van der Waals surface area contributed by atoms with Gasteiger partial charge in [0.05, 0.1) is 28.3 Å². The number of halogens is 2. The highest BCUT2D eigenvalue weighted by molar-refractivity contribution is 6.42. The van der Waals surface area contributed by atoms with E-state index in [4.69, 9.17) is 27.9 Å². The van der Waals surface area contributed by atoms with Crippen molar-refractivity contribution in [1.82, 2.24) is 20.0 Å². The minimum atomic E-state index is -0.812. The zero-order chi connectivity index (χ0) is 26.7. The van der Waals surface area contributed by atoms with Gasteiger partial charge >= 0.3 is 12.0 Å². The highest BCUT2D eigenvalue weighted by Gasteiger charge is 2.38. The predicted molar refractivity (Wildman–Crippen MR) is 143 cm³/mol. The molecule has 0 aliphatic carbocycles. The molecule has 4 rings (SSSR count). The molecule has 2 aromatic rings. The maximum Gasteiger partial charge on any atom is 0.338 e. The van der Waals surface area contributed by atoms with E-state index in [9.17, 15) is 14.4 Å². The lowest BCUT2D eigenvalue weighted by molar-refractivity contribution is -0.139. The van der Waals surface area contributed by atoms with Crippen LogP contribution in [0.1, 0.15) is 34.5 Å². The second kappa shape index (κ2) is 11.5. The van der Waals surface area contributed by atoms with Gasteiger partial charge in [-0.3, -0.25) is 14.6 Å². The molecule has 1 fully saturated rings. The quantitative estimate of drug-likeness (QED) is 0.549. The molecule has 8 nitrogen and oxygen atoms in total. The summed E-state index contributed by atoms with van der Waals surface area (Å²) >= 11 is 12.7. The number of nitrogens with one attached hydrogen (secondary N) is 1. The van der Waals surface area contributed by atoms with Crippen molar-refractivity contribution in [2.24, 2.45) is 0 Å². The molecule has 1 atom stereocenters. The van der Waals surface area contributed by atoms with E-state index in [1.165, 1.54) is 4.90 Å². The number of ether oxygens (including phenoxy) is 1. The van der Waals surface area contributed by atoms with E-state index < -0.39 is 12.0 Å². The van der Waals surface area contributed by atoms with Crippen molar-refractivity contribution < 1.29 is 19.1 Å². The van der Waals surface area contributed by atoms with Crippen molar-refractivity contribution in [2.75, 3.05) is 46.4 Å². The van der Waals surface area contributed by atoms with Gasteiger partial charge in [0.2, 0.25) is 0 Å². The van der Waals surface area contributed by atoms with Crippen LogP contribution in [0.5, 0.6) is 0 Å². The number of carbonyl (C=O) groups excluding carboxylic acids is 3. The molecule has 2 aromatic carbocycles. The van der Waals surface area contributed by atoms with E-state index in [2.05, 4.69) is 10.2 Å². The lowest BCUT2D eigenvalue weighted by atomic mass is 9.94. The zero-order valence-corrected chi connectivity index (χ0v) is 22.6. The molecule has 1 unspecified atom stereocenters. The molecule has 2 heterocycles. The van der Waals surface area contributed by atoms with Crippen molar-refractivity contribution in [1.29, 1.82) is 0 Å². The molecule has 10 heteroatoms. The first-order valence-corrected chi connectivity index (χ1v) is 12.9. The number of nitrogens with zero attached hydrogens (tertiary/aromatic N) is 3. The normalized spacial score (nSPS) is 18.6. The summed E-state index contributed by atoms with van der Waals surface area (Å²) in [5.74, 6) is -0.533. The van der Waals surface area contributed by atoms with Gasteiger partial charge in [-0.1, -0.05) is 53.0 Å². The summed E-state index contributed by atoms with van der Waals surface area (Å²) in [5, 5.41) is 3.46. The van der Waals surface area contributed by atoms with Crippen LogP contribution in [0.15, 0.2) is 53.7 Å². The van der Waals surface area contributed by atoms with Crippen LogP contribution >= 0.6 is 23.2 Å². The summed E-state index contributed by atoms with van der Waals surface area (Å²) in [6.45, 7) is 6.49. The van der Waals surface area contributed by atoms with E-state index in [0.717, 1.165) is 5.56 Å². The van der Waals surface area contributed by atoms with Gasteiger partial charge in [-0.05, 0) is 37.6 Å². The average Bonchev–Trinajstić information content (AvgIpc) is 2.89. The van der Waals surface area contributed by atoms with Gasteiger partial charge in [-0.15, -0.1) is 0 Å². The van der Waals surface area contributed by atoms with Crippen LogP contribution in [0, 0.1) is 6.92 Å². The van der Waals surface area contributed by atoms with Gasteiger partial charge in [-0.25, -0.2) is 9.59 Å². The minimum Gasteiger partial charge on any atom is -0.463 e. The highest BCUT2D eigenvalue weighted by Crippen LogP contribution is 2.37. The summed E-state index contributed by atoms with van der Waals surface area (Å²) in [5.41, 5.74) is 3.12. The predicted octanol–water partition coefficient (Wildman–Crippen LogP) is 4.27. The largest absolute Gasteiger partial charge is 0.463 e. The number of esters is 1. The molecule has 3 amide bonds. The van der Waals surface area contributed by atoms with Crippen molar-refractivity contribution in [2.45, 2.75) is 19.9 Å². The smallest absolute Gasteiger partial charge is 0.338 e. The number of likely N-dealkylation sites (N-methyl/N-ethyl adjacent to an activating group) is 1. The lowest BCUT2D eigenvalue weighted by Gasteiger charge is -2.39. The van der Waals surface area contributed by atoms with Crippen LogP contribution in [0.3, 0.4) is 0 Å². The van der Waals surface area contributed by atoms with Gasteiger partial charge in [0.25, 0.3) is 5.91 Å². The molecule has 37 heavy (non-hydrogen) atoms. The van der Waals surface area contributed by atoms with Gasteiger partial charge in [0.1, 0.15) is 0 Å². The molecule has 0 bridgehead atoms. The number of carbonyl (C=O) groups is 3. The Hall–Kier alpha value is -3.07. The lowest BCUT2D eigenvalue weighted by Crippen LogP contribution is -2.53. The van der Waals surface area contributed by atoms with Crippen molar-refractivity contribution >= 4 is 41.1 Å². The molecule has 196 valence electrons. The number of benzene rings is 2. The number of amides is 3. The molecule has 2 aliphatic heterocycles. The molecule has 2 aliphatic rings. The number of hydrogen-bond donors (Lipinski definition) is 1. The van der Waals surface area contributed by atoms with Crippen LogP contribution in [0.25, 0.3) is 0 Å². The van der Waals surface area contributed by atoms with E-state index in [1.54, 1.807) is 32.2 Å². The van der Waals surface area contributed by atoms with E-state index in [-0.39, 0.29) is 23.6 Å². The molecule has 1 N–H and O–H groups in total. The zero-order valence-electron chi connectivity index (χ0n) is 21.1. The fourth-order valence-electron chi connectivity index (χ4n) is 4.57. The minimum absolute atomic E-state index is 0.00379. The third-order valence-electron chi connectivity index (χ3n) is 6.70. The molecule has 0 saturated carbocycles. The Bertz CT molecular complexity index is 1220. The Kier molecular flexibility index (Phi) is 8.42. The van der Waals surface area contributed by atoms with Crippen molar-refractivity contribution in [3.63, 3.8) is 0 Å². The van der Waals surface area contributed by atoms with E-state index >= 15 is 0 Å². The molecular weight excluding hydrogens is 515 g/mol. The van der Waals surface area contributed by atoms with E-state index in [1.807, 2.05) is 36.1 Å². The van der Waals surface area contributed by atoms with Gasteiger partial charge in [0.15, 0.2) is 0 Å². The molecule has 0 radical (unpaired) electrons. The SMILES string of the molecule is CCOC(=O)C1=C(CN2CCN(C(=O)c3ccc(C)cc3)CC2)N(C)C(=O)NC1c1cccc(Cl)c1Cl. The van der Waals surface area contributed by atoms with Crippen LogP contribution in [-0.4, -0.2) is 79.0 Å². The summed E-state index contributed by atoms with van der Waals surface area (Å²) in [7, 11) is 1.62. The Labute approximate surface area is 226 Å². The first-order valence-electron chi connectivity index (χ1n) is 12.2. The second-order valence-corrected chi connectivity index (χ2v) is 9.88. The maximum absolute atomic E-state index is 13.2. The van der Waals surface area contributed by atoms with Crippen molar-refractivity contribution in [3.8, 4) is 0 Å². The monoisotopic (exact) mass is 544 g/mol. The van der Waals surface area contributed by atoms with Crippen LogP contribution < -0.4 is 5.32 Å². The average molecular weight is 545 g/mol. The van der Waals surface area contributed by atoms with Crippen LogP contribution in [-0.2, 0) is 9.53 Å². The Morgan fingerprint density at radius 1 is 1.05 bits per heavy atom. The van der Waals surface area contributed by atoms with E-state index in [0.29, 0.717) is 60.1 Å². The Morgan fingerprint density at radius 3 is 2.38 bits per heavy atom. The summed E-state index contributed by atoms with van der Waals surface area (Å²) in [4.78, 5) is 44.5. The maximum atomic E-state index is 13.2. The fourth-order valence-corrected chi connectivity index (χ4v) is 4.99. The highest BCUT2D eigenvalue weighted by atomic mass is 35.5. The first-order chi connectivity index (χ1) is 17.7. The topological polar surface area (TPSA) is 82.2 Å². The van der Waals surface area contributed by atoms with Gasteiger partial charge in [0, 0.05) is 51.0 Å². The summed E-state index contributed by atoms with van der Waals surface area (Å²) in [6.07, 6.45) is 0. The second-order valence-electron chi connectivity index (χ2n) is 9.10. The fraction of sp³-hybridized carbons (Fsp3) is 0.370. The third kappa shape index (κ3) is 5.76. The molecule has 0 aromatic heterocycles. The molecule has 1 saturated heterocycles. The molecular formula is C27H30Cl2N4O4. The number of piperazine rings is 1. The molecule has 0 spiro atoms. The summed E-state index contributed by atoms with van der Waals surface area (Å²) < 4.78 is 5.39. The van der Waals surface area contributed by atoms with Crippen LogP contribution in [0.4, 0.5) is 4.79 Å².